The molecule has 0 spiro atoms. The first kappa shape index (κ1) is 13.5. The molecule has 0 saturated carbocycles. The summed E-state index contributed by atoms with van der Waals surface area (Å²) in [4.78, 5) is 8.41. The van der Waals surface area contributed by atoms with Gasteiger partial charge in [-0.1, -0.05) is 15.9 Å². The van der Waals surface area contributed by atoms with E-state index in [4.69, 9.17) is 4.74 Å². The van der Waals surface area contributed by atoms with Crippen LogP contribution < -0.4 is 10.1 Å². The predicted molar refractivity (Wildman–Crippen MR) is 80.6 cm³/mol. The number of ether oxygens (including phenoxy) is 1. The van der Waals surface area contributed by atoms with Crippen molar-refractivity contribution in [2.45, 2.75) is 25.9 Å². The summed E-state index contributed by atoms with van der Waals surface area (Å²) in [6.07, 6.45) is 6.18. The molecule has 1 aliphatic heterocycles. The Bertz CT molecular complexity index is 604. The Kier molecular flexibility index (Phi) is 3.98. The lowest BCUT2D eigenvalue weighted by molar-refractivity contribution is 0.351. The standard InChI is InChI=1S/C15H16BrN3O/c1-10(14-9-17-3-4-18-14)19-8-12-7-13(16)6-11-2-5-20-15(11)12/h3-4,6-7,9-10,19H,2,5,8H2,1H3. The zero-order chi connectivity index (χ0) is 13.9. The van der Waals surface area contributed by atoms with E-state index in [9.17, 15) is 0 Å². The van der Waals surface area contributed by atoms with E-state index in [1.165, 1.54) is 11.1 Å². The number of nitrogens with zero attached hydrogens (tertiary/aromatic N) is 2. The highest BCUT2D eigenvalue weighted by Crippen LogP contribution is 2.33. The quantitative estimate of drug-likeness (QED) is 0.934. The third kappa shape index (κ3) is 2.83. The van der Waals surface area contributed by atoms with Gasteiger partial charge >= 0.3 is 0 Å². The highest BCUT2D eigenvalue weighted by atomic mass is 79.9. The zero-order valence-corrected chi connectivity index (χ0v) is 12.9. The van der Waals surface area contributed by atoms with Gasteiger partial charge in [0.05, 0.1) is 12.3 Å². The second-order valence-electron chi connectivity index (χ2n) is 4.88. The average molecular weight is 334 g/mol. The Hall–Kier alpha value is -1.46. The molecule has 2 heterocycles. The maximum Gasteiger partial charge on any atom is 0.127 e. The van der Waals surface area contributed by atoms with Gasteiger partial charge in [0.15, 0.2) is 0 Å². The van der Waals surface area contributed by atoms with Gasteiger partial charge in [-0.2, -0.15) is 0 Å². The lowest BCUT2D eigenvalue weighted by Gasteiger charge is -2.15. The van der Waals surface area contributed by atoms with Gasteiger partial charge in [0.1, 0.15) is 5.75 Å². The number of hydrogen-bond acceptors (Lipinski definition) is 4. The molecule has 0 amide bonds. The molecule has 104 valence electrons. The Morgan fingerprint density at radius 3 is 3.10 bits per heavy atom. The average Bonchev–Trinajstić information content (AvgIpc) is 2.93. The van der Waals surface area contributed by atoms with Gasteiger partial charge < -0.3 is 10.1 Å². The molecule has 1 aromatic carbocycles. The summed E-state index contributed by atoms with van der Waals surface area (Å²) in [6, 6.07) is 4.40. The van der Waals surface area contributed by atoms with Crippen LogP contribution in [0.1, 0.15) is 29.8 Å². The van der Waals surface area contributed by atoms with Crippen molar-refractivity contribution in [3.05, 3.63) is 52.0 Å². The molecule has 5 heteroatoms. The molecular weight excluding hydrogens is 318 g/mol. The molecule has 0 radical (unpaired) electrons. The Labute approximate surface area is 126 Å². The molecular formula is C15H16BrN3O. The Balaban J connectivity index is 1.73. The van der Waals surface area contributed by atoms with Crippen LogP contribution in [0.4, 0.5) is 0 Å². The molecule has 1 aromatic heterocycles. The van der Waals surface area contributed by atoms with Crippen molar-refractivity contribution in [1.29, 1.82) is 0 Å². The summed E-state index contributed by atoms with van der Waals surface area (Å²) in [5.74, 6) is 1.03. The van der Waals surface area contributed by atoms with Crippen LogP contribution in [0.25, 0.3) is 0 Å². The van der Waals surface area contributed by atoms with E-state index >= 15 is 0 Å². The molecule has 1 atom stereocenters. The van der Waals surface area contributed by atoms with Crippen LogP contribution in [0.2, 0.25) is 0 Å². The number of aromatic nitrogens is 2. The fraction of sp³-hybridized carbons (Fsp3) is 0.333. The van der Waals surface area contributed by atoms with Crippen molar-refractivity contribution < 1.29 is 4.74 Å². The molecule has 1 N–H and O–H groups in total. The van der Waals surface area contributed by atoms with Crippen LogP contribution in [0.5, 0.6) is 5.75 Å². The summed E-state index contributed by atoms with van der Waals surface area (Å²) in [7, 11) is 0. The molecule has 20 heavy (non-hydrogen) atoms. The predicted octanol–water partition coefficient (Wildman–Crippen LogP) is 3.02. The summed E-state index contributed by atoms with van der Waals surface area (Å²) in [6.45, 7) is 3.61. The van der Waals surface area contributed by atoms with Crippen LogP contribution in [0.3, 0.4) is 0 Å². The number of fused-ring (bicyclic) bond motifs is 1. The third-order valence-electron chi connectivity index (χ3n) is 3.45. The maximum absolute atomic E-state index is 5.73. The zero-order valence-electron chi connectivity index (χ0n) is 11.3. The minimum Gasteiger partial charge on any atom is -0.493 e. The molecule has 1 aliphatic rings. The molecule has 2 aromatic rings. The van der Waals surface area contributed by atoms with Crippen molar-refractivity contribution >= 4 is 15.9 Å². The SMILES string of the molecule is CC(NCc1cc(Br)cc2c1OCC2)c1cnccn1. The number of hydrogen-bond donors (Lipinski definition) is 1. The second kappa shape index (κ2) is 5.89. The first-order valence-corrected chi connectivity index (χ1v) is 7.47. The van der Waals surface area contributed by atoms with Crippen LogP contribution >= 0.6 is 15.9 Å². The van der Waals surface area contributed by atoms with Crippen molar-refractivity contribution in [1.82, 2.24) is 15.3 Å². The van der Waals surface area contributed by atoms with Crippen molar-refractivity contribution in [3.8, 4) is 5.75 Å². The fourth-order valence-electron chi connectivity index (χ4n) is 2.38. The van der Waals surface area contributed by atoms with E-state index in [1.54, 1.807) is 18.6 Å². The molecule has 1 unspecified atom stereocenters. The maximum atomic E-state index is 5.73. The number of nitrogens with one attached hydrogen (secondary N) is 1. The monoisotopic (exact) mass is 333 g/mol. The van der Waals surface area contributed by atoms with Gasteiger partial charge in [-0.25, -0.2) is 0 Å². The van der Waals surface area contributed by atoms with Gasteiger partial charge in [-0.15, -0.1) is 0 Å². The Morgan fingerprint density at radius 2 is 2.30 bits per heavy atom. The van der Waals surface area contributed by atoms with Gasteiger partial charge in [0, 0.05) is 47.6 Å². The van der Waals surface area contributed by atoms with Gasteiger partial charge in [-0.3, -0.25) is 9.97 Å². The second-order valence-corrected chi connectivity index (χ2v) is 5.80. The van der Waals surface area contributed by atoms with Gasteiger partial charge in [-0.05, 0) is 24.6 Å². The van der Waals surface area contributed by atoms with E-state index in [0.717, 1.165) is 35.5 Å². The van der Waals surface area contributed by atoms with Gasteiger partial charge in [0.25, 0.3) is 0 Å². The van der Waals surface area contributed by atoms with Gasteiger partial charge in [0.2, 0.25) is 0 Å². The molecule has 0 aliphatic carbocycles. The highest BCUT2D eigenvalue weighted by Gasteiger charge is 2.18. The molecule has 0 bridgehead atoms. The number of halogens is 1. The summed E-state index contributed by atoms with van der Waals surface area (Å²) >= 11 is 3.56. The van der Waals surface area contributed by atoms with E-state index in [-0.39, 0.29) is 6.04 Å². The Morgan fingerprint density at radius 1 is 1.40 bits per heavy atom. The minimum absolute atomic E-state index is 0.153. The normalized spacial score (nSPS) is 14.7. The molecule has 0 fully saturated rings. The number of rotatable bonds is 4. The van der Waals surface area contributed by atoms with Crippen molar-refractivity contribution in [2.75, 3.05) is 6.61 Å². The van der Waals surface area contributed by atoms with Crippen molar-refractivity contribution in [3.63, 3.8) is 0 Å². The molecule has 3 rings (SSSR count). The van der Waals surface area contributed by atoms with E-state index < -0.39 is 0 Å². The summed E-state index contributed by atoms with van der Waals surface area (Å²) in [5, 5.41) is 3.47. The first-order chi connectivity index (χ1) is 9.74. The summed E-state index contributed by atoms with van der Waals surface area (Å²) < 4.78 is 6.84. The lowest BCUT2D eigenvalue weighted by atomic mass is 10.1. The van der Waals surface area contributed by atoms with E-state index in [2.05, 4.69) is 50.3 Å². The topological polar surface area (TPSA) is 47.0 Å². The van der Waals surface area contributed by atoms with Crippen molar-refractivity contribution in [2.24, 2.45) is 0 Å². The minimum atomic E-state index is 0.153. The molecule has 0 saturated heterocycles. The summed E-state index contributed by atoms with van der Waals surface area (Å²) in [5.41, 5.74) is 3.41. The largest absolute Gasteiger partial charge is 0.493 e. The highest BCUT2D eigenvalue weighted by molar-refractivity contribution is 9.10. The lowest BCUT2D eigenvalue weighted by Crippen LogP contribution is -2.19. The van der Waals surface area contributed by atoms with Crippen LogP contribution in [-0.4, -0.2) is 16.6 Å². The smallest absolute Gasteiger partial charge is 0.127 e. The third-order valence-corrected chi connectivity index (χ3v) is 3.91. The van der Waals surface area contributed by atoms with Crippen LogP contribution in [0, 0.1) is 0 Å². The van der Waals surface area contributed by atoms with Crippen LogP contribution in [-0.2, 0) is 13.0 Å². The van der Waals surface area contributed by atoms with E-state index in [0.29, 0.717) is 0 Å². The molecule has 4 nitrogen and oxygen atoms in total. The van der Waals surface area contributed by atoms with E-state index in [1.807, 2.05) is 0 Å². The first-order valence-electron chi connectivity index (χ1n) is 6.67. The number of benzene rings is 1. The van der Waals surface area contributed by atoms with Crippen LogP contribution in [0.15, 0.2) is 35.2 Å². The fourth-order valence-corrected chi connectivity index (χ4v) is 2.93.